The third-order valence-corrected chi connectivity index (χ3v) is 9.72. The van der Waals surface area contributed by atoms with Crippen molar-refractivity contribution in [1.29, 1.82) is 0 Å². The number of phosphoric acid groups is 1. The molecule has 2 unspecified atom stereocenters. The first-order valence-corrected chi connectivity index (χ1v) is 23.2. The number of nitrogens with zero attached hydrogens (tertiary/aromatic N) is 1. The molecule has 0 spiro atoms. The summed E-state index contributed by atoms with van der Waals surface area (Å²) < 4.78 is 33.8. The van der Waals surface area contributed by atoms with Crippen LogP contribution in [0.5, 0.6) is 0 Å². The summed E-state index contributed by atoms with van der Waals surface area (Å²) in [4.78, 5) is 37.5. The molecule has 0 saturated heterocycles. The molecule has 0 aromatic rings. The third-order valence-electron chi connectivity index (χ3n) is 8.75. The highest BCUT2D eigenvalue weighted by Gasteiger charge is 2.21. The van der Waals surface area contributed by atoms with Crippen molar-refractivity contribution in [3.05, 3.63) is 72.9 Å². The van der Waals surface area contributed by atoms with Crippen LogP contribution in [0.15, 0.2) is 72.9 Å². The van der Waals surface area contributed by atoms with Gasteiger partial charge in [-0.3, -0.25) is 14.2 Å². The van der Waals surface area contributed by atoms with Crippen molar-refractivity contribution in [3.63, 3.8) is 0 Å². The van der Waals surface area contributed by atoms with Crippen LogP contribution in [0.1, 0.15) is 148 Å². The number of carbonyl (C=O) groups excluding carboxylic acids is 2. The first-order chi connectivity index (χ1) is 27.5. The molecule has 0 aliphatic heterocycles. The highest BCUT2D eigenvalue weighted by Crippen LogP contribution is 2.38. The van der Waals surface area contributed by atoms with E-state index in [0.717, 1.165) is 83.5 Å². The first-order valence-electron chi connectivity index (χ1n) is 21.8. The van der Waals surface area contributed by atoms with Crippen LogP contribution in [0.25, 0.3) is 0 Å². The van der Waals surface area contributed by atoms with Crippen LogP contribution in [0.4, 0.5) is 0 Å². The Hall–Kier alpha value is -2.59. The maximum atomic E-state index is 12.6. The predicted molar refractivity (Wildman–Crippen MR) is 232 cm³/mol. The molecule has 0 saturated carbocycles. The highest BCUT2D eigenvalue weighted by molar-refractivity contribution is 7.45. The molecule has 0 rings (SSSR count). The number of aliphatic hydroxyl groups is 1. The molecule has 10 nitrogen and oxygen atoms in total. The SMILES string of the molecule is CCCCC/C=C\C/C=C\CCCCCCCC(=O)OCC(COP(=O)([O-])OCC[N+](C)(C)C)OC(=O)CCC/C=C\C/C=C\C/C=C\C/C=C\CCCCCO. The Bertz CT molecular complexity index is 1200. The van der Waals surface area contributed by atoms with E-state index in [1.807, 2.05) is 27.2 Å². The molecule has 57 heavy (non-hydrogen) atoms. The van der Waals surface area contributed by atoms with Crippen LogP contribution < -0.4 is 4.89 Å². The van der Waals surface area contributed by atoms with Gasteiger partial charge in [-0.2, -0.15) is 0 Å². The molecule has 11 heteroatoms. The monoisotopic (exact) mass is 822 g/mol. The van der Waals surface area contributed by atoms with Gasteiger partial charge >= 0.3 is 11.9 Å². The number of unbranched alkanes of at least 4 members (excludes halogenated alkanes) is 12. The van der Waals surface area contributed by atoms with Crippen molar-refractivity contribution in [1.82, 2.24) is 0 Å². The van der Waals surface area contributed by atoms with Gasteiger partial charge in [0.1, 0.15) is 19.8 Å². The fourth-order valence-electron chi connectivity index (χ4n) is 5.30. The van der Waals surface area contributed by atoms with Crippen LogP contribution in [0.2, 0.25) is 0 Å². The van der Waals surface area contributed by atoms with Gasteiger partial charge in [0, 0.05) is 19.4 Å². The van der Waals surface area contributed by atoms with E-state index >= 15 is 0 Å². The van der Waals surface area contributed by atoms with Gasteiger partial charge in [-0.25, -0.2) is 0 Å². The molecule has 0 aliphatic carbocycles. The minimum atomic E-state index is -4.65. The average molecular weight is 822 g/mol. The van der Waals surface area contributed by atoms with Gasteiger partial charge in [0.25, 0.3) is 7.82 Å². The molecule has 328 valence electrons. The average Bonchev–Trinajstić information content (AvgIpc) is 3.16. The van der Waals surface area contributed by atoms with Crippen molar-refractivity contribution in [2.24, 2.45) is 0 Å². The standard InChI is InChI=1S/C46H80NO9P/c1-5-6-7-8-9-10-11-12-16-19-22-25-28-31-34-37-45(49)53-42-44(43-55-57(51,52)54-41-39-47(2,3)4)56-46(50)38-35-32-29-26-23-20-17-14-13-15-18-21-24-27-30-33-36-40-48/h9-10,12-13,15-17,20-21,24,26,29,44,48H,5-8,11,14,18-19,22-23,25,27-28,30-43H2,1-4H3/b10-9-,15-13-,16-12-,20-17-,24-21-,29-26-. The predicted octanol–water partition coefficient (Wildman–Crippen LogP) is 10.6. The van der Waals surface area contributed by atoms with E-state index in [9.17, 15) is 19.0 Å². The van der Waals surface area contributed by atoms with E-state index in [1.54, 1.807) is 0 Å². The Labute approximate surface area is 347 Å². The second-order valence-corrected chi connectivity index (χ2v) is 16.8. The minimum Gasteiger partial charge on any atom is -0.756 e. The Morgan fingerprint density at radius 3 is 1.58 bits per heavy atom. The van der Waals surface area contributed by atoms with Gasteiger partial charge in [-0.05, 0) is 89.9 Å². The Balaban J connectivity index is 4.50. The number of carbonyl (C=O) groups is 2. The number of rotatable bonds is 39. The van der Waals surface area contributed by atoms with E-state index < -0.39 is 32.5 Å². The second kappa shape index (κ2) is 38.9. The van der Waals surface area contributed by atoms with Crippen molar-refractivity contribution < 1.29 is 47.2 Å². The number of likely N-dealkylation sites (N-methyl/N-ethyl adjacent to an activating group) is 1. The van der Waals surface area contributed by atoms with Gasteiger partial charge < -0.3 is 33.0 Å². The minimum absolute atomic E-state index is 0.0519. The maximum Gasteiger partial charge on any atom is 0.306 e. The van der Waals surface area contributed by atoms with Crippen molar-refractivity contribution in [2.45, 2.75) is 154 Å². The Morgan fingerprint density at radius 2 is 1.05 bits per heavy atom. The lowest BCUT2D eigenvalue weighted by Gasteiger charge is -2.28. The van der Waals surface area contributed by atoms with E-state index in [4.69, 9.17) is 23.6 Å². The number of ether oxygens (including phenoxy) is 2. The first kappa shape index (κ1) is 54.4. The number of phosphoric ester groups is 1. The van der Waals surface area contributed by atoms with Gasteiger partial charge in [0.2, 0.25) is 0 Å². The van der Waals surface area contributed by atoms with Gasteiger partial charge in [0.15, 0.2) is 6.10 Å². The summed E-state index contributed by atoms with van der Waals surface area (Å²) in [5.41, 5.74) is 0. The van der Waals surface area contributed by atoms with Gasteiger partial charge in [-0.1, -0.05) is 118 Å². The largest absolute Gasteiger partial charge is 0.756 e. The number of hydrogen-bond donors (Lipinski definition) is 1. The summed E-state index contributed by atoms with van der Waals surface area (Å²) in [7, 11) is 1.09. The fraction of sp³-hybridized carbons (Fsp3) is 0.696. The zero-order valence-corrected chi connectivity index (χ0v) is 37.1. The van der Waals surface area contributed by atoms with Crippen LogP contribution in [0.3, 0.4) is 0 Å². The molecular formula is C46H80NO9P. The number of quaternary nitrogens is 1. The molecule has 0 radical (unpaired) electrons. The molecular weight excluding hydrogens is 741 g/mol. The quantitative estimate of drug-likeness (QED) is 0.0212. The number of esters is 2. The molecule has 0 aliphatic rings. The van der Waals surface area contributed by atoms with Gasteiger partial charge in [0.05, 0.1) is 27.7 Å². The van der Waals surface area contributed by atoms with E-state index in [-0.39, 0.29) is 32.7 Å². The summed E-state index contributed by atoms with van der Waals surface area (Å²) in [6.45, 7) is 2.10. The molecule has 0 fully saturated rings. The van der Waals surface area contributed by atoms with Crippen molar-refractivity contribution >= 4 is 19.8 Å². The molecule has 0 heterocycles. The van der Waals surface area contributed by atoms with E-state index in [2.05, 4.69) is 73.8 Å². The third kappa shape index (κ3) is 42.8. The summed E-state index contributed by atoms with van der Waals surface area (Å²) in [6.07, 6.45) is 45.2. The van der Waals surface area contributed by atoms with Crippen molar-refractivity contribution in [2.75, 3.05) is 54.1 Å². The molecule has 1 N–H and O–H groups in total. The Morgan fingerprint density at radius 1 is 0.596 bits per heavy atom. The number of allylic oxidation sites excluding steroid dienone is 12. The van der Waals surface area contributed by atoms with Crippen LogP contribution >= 0.6 is 7.82 Å². The summed E-state index contributed by atoms with van der Waals surface area (Å²) in [5, 5.41) is 8.80. The smallest absolute Gasteiger partial charge is 0.306 e. The zero-order chi connectivity index (χ0) is 42.1. The van der Waals surface area contributed by atoms with Crippen LogP contribution in [-0.4, -0.2) is 81.7 Å². The van der Waals surface area contributed by atoms with E-state index in [1.165, 1.54) is 25.7 Å². The fourth-order valence-corrected chi connectivity index (χ4v) is 6.03. The molecule has 0 aromatic carbocycles. The lowest BCUT2D eigenvalue weighted by molar-refractivity contribution is -0.870. The lowest BCUT2D eigenvalue weighted by atomic mass is 10.1. The maximum absolute atomic E-state index is 12.6. The lowest BCUT2D eigenvalue weighted by Crippen LogP contribution is -2.37. The van der Waals surface area contributed by atoms with Gasteiger partial charge in [-0.15, -0.1) is 0 Å². The molecule has 0 amide bonds. The summed E-state index contributed by atoms with van der Waals surface area (Å²) in [5.74, 6) is -0.938. The number of hydrogen-bond acceptors (Lipinski definition) is 9. The molecule has 2 atom stereocenters. The summed E-state index contributed by atoms with van der Waals surface area (Å²) in [6, 6.07) is 0. The van der Waals surface area contributed by atoms with Crippen molar-refractivity contribution in [3.8, 4) is 0 Å². The molecule has 0 bridgehead atoms. The Kier molecular flexibility index (Phi) is 37.1. The normalized spacial score (nSPS) is 14.3. The molecule has 0 aromatic heterocycles. The second-order valence-electron chi connectivity index (χ2n) is 15.4. The van der Waals surface area contributed by atoms with Crippen LogP contribution in [0, 0.1) is 0 Å². The topological polar surface area (TPSA) is 131 Å². The highest BCUT2D eigenvalue weighted by atomic mass is 31.2. The van der Waals surface area contributed by atoms with E-state index in [0.29, 0.717) is 30.3 Å². The number of aliphatic hydroxyl groups excluding tert-OH is 1. The zero-order valence-electron chi connectivity index (χ0n) is 36.2. The summed E-state index contributed by atoms with van der Waals surface area (Å²) >= 11 is 0. The van der Waals surface area contributed by atoms with Crippen LogP contribution in [-0.2, 0) is 32.7 Å².